The number of halogens is 1. The Bertz CT molecular complexity index is 1200. The summed E-state index contributed by atoms with van der Waals surface area (Å²) >= 11 is 5.90. The van der Waals surface area contributed by atoms with E-state index < -0.39 is 17.4 Å². The number of anilines is 1. The number of ether oxygens (including phenoxy) is 1. The van der Waals surface area contributed by atoms with E-state index in [1.165, 1.54) is 4.57 Å². The van der Waals surface area contributed by atoms with Gasteiger partial charge in [0, 0.05) is 24.7 Å². The first kappa shape index (κ1) is 22.4. The van der Waals surface area contributed by atoms with Crippen LogP contribution in [0.15, 0.2) is 33.9 Å². The minimum absolute atomic E-state index is 0.0294. The number of piperidine rings is 1. The van der Waals surface area contributed by atoms with Crippen LogP contribution in [-0.2, 0) is 13.6 Å². The zero-order chi connectivity index (χ0) is 22.8. The van der Waals surface area contributed by atoms with Crippen molar-refractivity contribution in [3.63, 3.8) is 0 Å². The van der Waals surface area contributed by atoms with Crippen molar-refractivity contribution >= 4 is 28.7 Å². The highest BCUT2D eigenvalue weighted by Crippen LogP contribution is 2.28. The number of nitrogens with zero attached hydrogens (tertiary/aromatic N) is 4. The average Bonchev–Trinajstić information content (AvgIpc) is 3.16. The Labute approximate surface area is 190 Å². The van der Waals surface area contributed by atoms with Crippen LogP contribution in [0.3, 0.4) is 0 Å². The van der Waals surface area contributed by atoms with Gasteiger partial charge in [-0.05, 0) is 49.9 Å². The maximum atomic E-state index is 12.7. The summed E-state index contributed by atoms with van der Waals surface area (Å²) in [6.07, 6.45) is 3.25. The summed E-state index contributed by atoms with van der Waals surface area (Å²) in [6, 6.07) is 7.18. The minimum atomic E-state index is -0.900. The van der Waals surface area contributed by atoms with Crippen LogP contribution in [0.2, 0.25) is 5.02 Å². The molecule has 2 N–H and O–H groups in total. The molecule has 9 nitrogen and oxygen atoms in total. The number of imidazole rings is 1. The number of fused-ring (bicyclic) bond motifs is 1. The Morgan fingerprint density at radius 1 is 1.28 bits per heavy atom. The molecule has 0 bridgehead atoms. The number of hydrogen-bond acceptors (Lipinski definition) is 6. The molecule has 1 fully saturated rings. The molecule has 1 aromatic carbocycles. The fraction of sp³-hybridized carbons (Fsp3) is 0.500. The Morgan fingerprint density at radius 3 is 2.75 bits per heavy atom. The summed E-state index contributed by atoms with van der Waals surface area (Å²) in [6.45, 7) is 3.08. The van der Waals surface area contributed by atoms with Crippen molar-refractivity contribution < 1.29 is 9.84 Å². The first-order valence-electron chi connectivity index (χ1n) is 10.9. The summed E-state index contributed by atoms with van der Waals surface area (Å²) in [7, 11) is 1.58. The van der Waals surface area contributed by atoms with E-state index in [9.17, 15) is 14.7 Å². The molecule has 0 spiro atoms. The van der Waals surface area contributed by atoms with E-state index in [2.05, 4.69) is 16.8 Å². The number of benzene rings is 1. The van der Waals surface area contributed by atoms with Crippen LogP contribution >= 0.6 is 11.6 Å². The Morgan fingerprint density at radius 2 is 2.03 bits per heavy atom. The predicted octanol–water partition coefficient (Wildman–Crippen LogP) is 2.29. The maximum Gasteiger partial charge on any atom is 0.329 e. The van der Waals surface area contributed by atoms with Gasteiger partial charge in [-0.3, -0.25) is 14.3 Å². The van der Waals surface area contributed by atoms with Crippen molar-refractivity contribution in [3.8, 4) is 5.75 Å². The first-order valence-corrected chi connectivity index (χ1v) is 11.3. The zero-order valence-corrected chi connectivity index (χ0v) is 19.0. The van der Waals surface area contributed by atoms with E-state index in [-0.39, 0.29) is 24.7 Å². The predicted molar refractivity (Wildman–Crippen MR) is 124 cm³/mol. The second-order valence-corrected chi connectivity index (χ2v) is 8.62. The molecule has 1 saturated heterocycles. The van der Waals surface area contributed by atoms with Crippen molar-refractivity contribution in [1.29, 1.82) is 0 Å². The molecule has 1 aliphatic rings. The lowest BCUT2D eigenvalue weighted by atomic mass is 10.0. The summed E-state index contributed by atoms with van der Waals surface area (Å²) in [4.78, 5) is 34.1. The Balaban J connectivity index is 1.69. The van der Waals surface area contributed by atoms with Gasteiger partial charge in [-0.25, -0.2) is 4.79 Å². The largest absolute Gasteiger partial charge is 0.491 e. The molecule has 0 amide bonds. The van der Waals surface area contributed by atoms with Crippen molar-refractivity contribution in [3.05, 3.63) is 50.1 Å². The van der Waals surface area contributed by atoms with Gasteiger partial charge in [-0.2, -0.15) is 4.98 Å². The molecule has 0 radical (unpaired) electrons. The number of rotatable bonds is 7. The minimum Gasteiger partial charge on any atom is -0.491 e. The summed E-state index contributed by atoms with van der Waals surface area (Å²) in [5.74, 6) is 1.19. The topological polar surface area (TPSA) is 105 Å². The Hall–Kier alpha value is -2.78. The molecule has 0 saturated carbocycles. The van der Waals surface area contributed by atoms with Crippen LogP contribution < -0.4 is 20.9 Å². The van der Waals surface area contributed by atoms with Crippen LogP contribution in [0.25, 0.3) is 11.2 Å². The maximum absolute atomic E-state index is 12.7. The number of aromatic amines is 1. The number of aryl methyl sites for hydroxylation is 1. The monoisotopic (exact) mass is 461 g/mol. The standard InChI is InChI=1S/C22H28ClN5O4/c1-3-15-6-4-5-11-27(15)21-24-19-18(20(30)25-22(31)26(19)2)28(21)12-16(29)13-32-17-9-7-14(23)8-10-17/h7-10,15-16,29H,3-6,11-13H2,1-2H3,(H,25,30,31)/t15-,16-/m0/s1. The van der Waals surface area contributed by atoms with Gasteiger partial charge in [0.2, 0.25) is 5.95 Å². The van der Waals surface area contributed by atoms with Gasteiger partial charge in [-0.1, -0.05) is 18.5 Å². The van der Waals surface area contributed by atoms with E-state index in [0.717, 1.165) is 32.2 Å². The van der Waals surface area contributed by atoms with E-state index in [1.807, 2.05) is 0 Å². The average molecular weight is 462 g/mol. The highest BCUT2D eigenvalue weighted by Gasteiger charge is 2.28. The third-order valence-electron chi connectivity index (χ3n) is 5.99. The summed E-state index contributed by atoms with van der Waals surface area (Å²) in [5, 5.41) is 11.4. The summed E-state index contributed by atoms with van der Waals surface area (Å²) in [5.41, 5.74) is -0.457. The SMILES string of the molecule is CC[C@H]1CCCCN1c1nc2c(c(=O)[nH]c(=O)n2C)n1C[C@H](O)COc1ccc(Cl)cc1. The van der Waals surface area contributed by atoms with Crippen LogP contribution in [0.1, 0.15) is 32.6 Å². The lowest BCUT2D eigenvalue weighted by molar-refractivity contribution is 0.0935. The molecule has 0 unspecified atom stereocenters. The summed E-state index contributed by atoms with van der Waals surface area (Å²) < 4.78 is 8.74. The molecular weight excluding hydrogens is 434 g/mol. The third kappa shape index (κ3) is 4.40. The van der Waals surface area contributed by atoms with Gasteiger partial charge >= 0.3 is 5.69 Å². The molecule has 172 valence electrons. The second kappa shape index (κ2) is 9.38. The highest BCUT2D eigenvalue weighted by molar-refractivity contribution is 6.30. The molecule has 10 heteroatoms. The van der Waals surface area contributed by atoms with Gasteiger partial charge in [0.05, 0.1) is 6.54 Å². The van der Waals surface area contributed by atoms with E-state index in [4.69, 9.17) is 21.3 Å². The molecule has 4 rings (SSSR count). The van der Waals surface area contributed by atoms with E-state index >= 15 is 0 Å². The molecule has 32 heavy (non-hydrogen) atoms. The smallest absolute Gasteiger partial charge is 0.329 e. The first-order chi connectivity index (χ1) is 15.4. The normalized spacial score (nSPS) is 17.6. The van der Waals surface area contributed by atoms with E-state index in [0.29, 0.717) is 22.4 Å². The van der Waals surface area contributed by atoms with Gasteiger partial charge in [0.1, 0.15) is 18.5 Å². The number of H-pyrrole nitrogens is 1. The van der Waals surface area contributed by atoms with Crippen molar-refractivity contribution in [2.45, 2.75) is 51.3 Å². The van der Waals surface area contributed by atoms with Gasteiger partial charge in [-0.15, -0.1) is 0 Å². The number of aliphatic hydroxyl groups excluding tert-OH is 1. The number of aliphatic hydroxyl groups is 1. The van der Waals surface area contributed by atoms with Crippen LogP contribution in [0.4, 0.5) is 5.95 Å². The molecule has 2 atom stereocenters. The second-order valence-electron chi connectivity index (χ2n) is 8.18. The number of aromatic nitrogens is 4. The van der Waals surface area contributed by atoms with Crippen molar-refractivity contribution in [1.82, 2.24) is 19.1 Å². The van der Waals surface area contributed by atoms with Crippen molar-refractivity contribution in [2.75, 3.05) is 18.1 Å². The highest BCUT2D eigenvalue weighted by atomic mass is 35.5. The molecule has 3 aromatic rings. The Kier molecular flexibility index (Phi) is 6.57. The van der Waals surface area contributed by atoms with Crippen molar-refractivity contribution in [2.24, 2.45) is 7.05 Å². The van der Waals surface area contributed by atoms with Crippen LogP contribution in [0.5, 0.6) is 5.75 Å². The molecular formula is C22H28ClN5O4. The molecule has 0 aliphatic carbocycles. The lowest BCUT2D eigenvalue weighted by Crippen LogP contribution is -2.41. The molecule has 2 aromatic heterocycles. The number of hydrogen-bond donors (Lipinski definition) is 2. The zero-order valence-electron chi connectivity index (χ0n) is 18.3. The van der Waals surface area contributed by atoms with E-state index in [1.54, 1.807) is 35.9 Å². The molecule has 1 aliphatic heterocycles. The number of nitrogens with one attached hydrogen (secondary N) is 1. The fourth-order valence-electron chi connectivity index (χ4n) is 4.29. The van der Waals surface area contributed by atoms with Gasteiger partial charge in [0.25, 0.3) is 5.56 Å². The van der Waals surface area contributed by atoms with Gasteiger partial charge in [0.15, 0.2) is 11.2 Å². The fourth-order valence-corrected chi connectivity index (χ4v) is 4.42. The van der Waals surface area contributed by atoms with Crippen LogP contribution in [0, 0.1) is 0 Å². The third-order valence-corrected chi connectivity index (χ3v) is 6.24. The quantitative estimate of drug-likeness (QED) is 0.559. The molecule has 3 heterocycles. The van der Waals surface area contributed by atoms with Crippen LogP contribution in [-0.4, -0.2) is 49.5 Å². The van der Waals surface area contributed by atoms with Gasteiger partial charge < -0.3 is 19.3 Å². The lowest BCUT2D eigenvalue weighted by Gasteiger charge is -2.36.